The minimum Gasteiger partial charge on any atom is -0.458 e. The molecule has 1 aromatic carbocycles. The summed E-state index contributed by atoms with van der Waals surface area (Å²) in [6, 6.07) is 9.66. The molecule has 0 spiro atoms. The van der Waals surface area contributed by atoms with E-state index in [0.717, 1.165) is 5.76 Å². The van der Waals surface area contributed by atoms with Crippen molar-refractivity contribution in [3.8, 4) is 11.6 Å². The molecular weight excluding hydrogens is 394 g/mol. The summed E-state index contributed by atoms with van der Waals surface area (Å²) in [6.07, 6.45) is 1.17. The Kier molecular flexibility index (Phi) is 5.10. The third-order valence-electron chi connectivity index (χ3n) is 5.10. The number of hydrogen-bond donors (Lipinski definition) is 0. The van der Waals surface area contributed by atoms with Gasteiger partial charge in [0.05, 0.1) is 4.90 Å². The first-order valence-corrected chi connectivity index (χ1v) is 10.8. The number of rotatable bonds is 5. The summed E-state index contributed by atoms with van der Waals surface area (Å²) in [6.45, 7) is 4.01. The Morgan fingerprint density at radius 3 is 2.38 bits per heavy atom. The van der Waals surface area contributed by atoms with Crippen molar-refractivity contribution < 1.29 is 22.2 Å². The molecule has 3 aromatic rings. The zero-order chi connectivity index (χ0) is 20.6. The van der Waals surface area contributed by atoms with E-state index in [1.54, 1.807) is 6.07 Å². The van der Waals surface area contributed by atoms with Crippen LogP contribution in [0.4, 0.5) is 0 Å². The first kappa shape index (κ1) is 19.5. The average Bonchev–Trinajstić information content (AvgIpc) is 3.37. The summed E-state index contributed by atoms with van der Waals surface area (Å²) in [4.78, 5) is 16.0. The molecule has 1 fully saturated rings. The van der Waals surface area contributed by atoms with Crippen LogP contribution in [0.1, 0.15) is 47.7 Å². The van der Waals surface area contributed by atoms with Gasteiger partial charge in [-0.15, -0.1) is 0 Å². The SMILES string of the molecule is CC(=O)c1ccc(S(=O)(=O)N2CCC(c3nc(-c4ccc(C)o4)no3)CC2)cc1. The lowest BCUT2D eigenvalue weighted by Gasteiger charge is -2.29. The Morgan fingerprint density at radius 2 is 1.79 bits per heavy atom. The van der Waals surface area contributed by atoms with Gasteiger partial charge in [-0.1, -0.05) is 17.3 Å². The lowest BCUT2D eigenvalue weighted by molar-refractivity contribution is 0.101. The van der Waals surface area contributed by atoms with Gasteiger partial charge in [0, 0.05) is 24.6 Å². The minimum atomic E-state index is -3.60. The van der Waals surface area contributed by atoms with Gasteiger partial charge in [-0.25, -0.2) is 8.42 Å². The Balaban J connectivity index is 1.43. The fourth-order valence-electron chi connectivity index (χ4n) is 3.41. The topological polar surface area (TPSA) is 107 Å². The standard InChI is InChI=1S/C20H21N3O5S/c1-13-3-8-18(27-13)19-21-20(28-22-19)16-9-11-23(12-10-16)29(25,26)17-6-4-15(5-7-17)14(2)24/h3-8,16H,9-12H2,1-2H3. The number of furan rings is 1. The molecule has 9 heteroatoms. The van der Waals surface area contributed by atoms with E-state index in [1.165, 1.54) is 35.5 Å². The maximum atomic E-state index is 12.9. The van der Waals surface area contributed by atoms with Crippen molar-refractivity contribution in [2.45, 2.75) is 37.5 Å². The molecule has 2 aromatic heterocycles. The Hall–Kier alpha value is -2.78. The molecule has 0 N–H and O–H groups in total. The Bertz CT molecular complexity index is 1120. The summed E-state index contributed by atoms with van der Waals surface area (Å²) < 4.78 is 38.1. The number of nitrogens with zero attached hydrogens (tertiary/aromatic N) is 3. The Labute approximate surface area is 168 Å². The third-order valence-corrected chi connectivity index (χ3v) is 7.02. The van der Waals surface area contributed by atoms with Crippen LogP contribution in [0.15, 0.2) is 50.2 Å². The zero-order valence-corrected chi connectivity index (χ0v) is 17.0. The molecule has 0 bridgehead atoms. The summed E-state index contributed by atoms with van der Waals surface area (Å²) in [7, 11) is -3.60. The van der Waals surface area contributed by atoms with Crippen LogP contribution < -0.4 is 0 Å². The van der Waals surface area contributed by atoms with Crippen molar-refractivity contribution in [2.24, 2.45) is 0 Å². The van der Waals surface area contributed by atoms with Crippen molar-refractivity contribution in [3.05, 3.63) is 53.6 Å². The molecule has 0 atom stereocenters. The molecule has 29 heavy (non-hydrogen) atoms. The Morgan fingerprint density at radius 1 is 1.10 bits per heavy atom. The van der Waals surface area contributed by atoms with Gasteiger partial charge in [-0.2, -0.15) is 9.29 Å². The van der Waals surface area contributed by atoms with Gasteiger partial charge in [0.25, 0.3) is 0 Å². The van der Waals surface area contributed by atoms with Crippen LogP contribution in [-0.4, -0.2) is 41.7 Å². The predicted octanol–water partition coefficient (Wildman–Crippen LogP) is 3.41. The van der Waals surface area contributed by atoms with Crippen molar-refractivity contribution >= 4 is 15.8 Å². The number of benzene rings is 1. The van der Waals surface area contributed by atoms with E-state index >= 15 is 0 Å². The van der Waals surface area contributed by atoms with E-state index in [1.807, 2.05) is 13.0 Å². The molecule has 4 rings (SSSR count). The highest BCUT2D eigenvalue weighted by Gasteiger charge is 2.32. The quantitative estimate of drug-likeness (QED) is 0.588. The average molecular weight is 415 g/mol. The second-order valence-electron chi connectivity index (χ2n) is 7.13. The van der Waals surface area contributed by atoms with Crippen LogP contribution in [0.2, 0.25) is 0 Å². The van der Waals surface area contributed by atoms with E-state index in [-0.39, 0.29) is 16.6 Å². The molecule has 8 nitrogen and oxygen atoms in total. The van der Waals surface area contributed by atoms with Crippen LogP contribution in [0.3, 0.4) is 0 Å². The summed E-state index contributed by atoms with van der Waals surface area (Å²) >= 11 is 0. The van der Waals surface area contributed by atoms with Crippen LogP contribution in [0.25, 0.3) is 11.6 Å². The normalized spacial score (nSPS) is 16.2. The molecule has 152 valence electrons. The predicted molar refractivity (Wildman–Crippen MR) is 104 cm³/mol. The van der Waals surface area contributed by atoms with Crippen LogP contribution in [-0.2, 0) is 10.0 Å². The monoisotopic (exact) mass is 415 g/mol. The van der Waals surface area contributed by atoms with E-state index in [4.69, 9.17) is 8.94 Å². The highest BCUT2D eigenvalue weighted by Crippen LogP contribution is 2.31. The smallest absolute Gasteiger partial charge is 0.243 e. The van der Waals surface area contributed by atoms with Gasteiger partial charge >= 0.3 is 0 Å². The lowest BCUT2D eigenvalue weighted by atomic mass is 9.98. The fraction of sp³-hybridized carbons (Fsp3) is 0.350. The van der Waals surface area contributed by atoms with Crippen LogP contribution >= 0.6 is 0 Å². The second-order valence-corrected chi connectivity index (χ2v) is 9.06. The number of carbonyl (C=O) groups is 1. The molecule has 0 amide bonds. The summed E-state index contributed by atoms with van der Waals surface area (Å²) in [5.41, 5.74) is 0.488. The first-order valence-electron chi connectivity index (χ1n) is 9.36. The maximum Gasteiger partial charge on any atom is 0.243 e. The van der Waals surface area contributed by atoms with Gasteiger partial charge in [-0.3, -0.25) is 4.79 Å². The van der Waals surface area contributed by atoms with Gasteiger partial charge in [-0.05, 0) is 51.0 Å². The van der Waals surface area contributed by atoms with Gasteiger partial charge in [0.2, 0.25) is 21.7 Å². The number of carbonyl (C=O) groups excluding carboxylic acids is 1. The van der Waals surface area contributed by atoms with Crippen molar-refractivity contribution in [1.82, 2.24) is 14.4 Å². The van der Waals surface area contributed by atoms with Crippen molar-refractivity contribution in [3.63, 3.8) is 0 Å². The second kappa shape index (κ2) is 7.57. The van der Waals surface area contributed by atoms with Crippen molar-refractivity contribution in [1.29, 1.82) is 0 Å². The number of Topliss-reactive ketones (excluding diaryl/α,β-unsaturated/α-hetero) is 1. The molecule has 1 aliphatic heterocycles. The zero-order valence-electron chi connectivity index (χ0n) is 16.2. The highest BCUT2D eigenvalue weighted by atomic mass is 32.2. The fourth-order valence-corrected chi connectivity index (χ4v) is 4.88. The van der Waals surface area contributed by atoms with Crippen LogP contribution in [0.5, 0.6) is 0 Å². The molecular formula is C20H21N3O5S. The number of sulfonamides is 1. The molecule has 0 radical (unpaired) electrons. The highest BCUT2D eigenvalue weighted by molar-refractivity contribution is 7.89. The summed E-state index contributed by atoms with van der Waals surface area (Å²) in [5.74, 6) is 2.11. The van der Waals surface area contributed by atoms with Gasteiger partial charge in [0.1, 0.15) is 5.76 Å². The van der Waals surface area contributed by atoms with E-state index in [0.29, 0.717) is 49.0 Å². The number of ketones is 1. The lowest BCUT2D eigenvalue weighted by Crippen LogP contribution is -2.37. The molecule has 0 saturated carbocycles. The van der Waals surface area contributed by atoms with E-state index < -0.39 is 10.0 Å². The third kappa shape index (κ3) is 3.88. The number of hydrogen-bond acceptors (Lipinski definition) is 7. The number of piperidine rings is 1. The maximum absolute atomic E-state index is 12.9. The molecule has 0 unspecified atom stereocenters. The molecule has 0 aliphatic carbocycles. The molecule has 3 heterocycles. The molecule has 1 saturated heterocycles. The van der Waals surface area contributed by atoms with Crippen LogP contribution in [0, 0.1) is 6.92 Å². The van der Waals surface area contributed by atoms with Gasteiger partial charge < -0.3 is 8.94 Å². The number of aryl methyl sites for hydroxylation is 1. The largest absolute Gasteiger partial charge is 0.458 e. The molecule has 1 aliphatic rings. The first-order chi connectivity index (χ1) is 13.8. The van der Waals surface area contributed by atoms with E-state index in [9.17, 15) is 13.2 Å². The number of aromatic nitrogens is 2. The minimum absolute atomic E-state index is 0.00107. The van der Waals surface area contributed by atoms with E-state index in [2.05, 4.69) is 10.1 Å². The van der Waals surface area contributed by atoms with Gasteiger partial charge in [0.15, 0.2) is 11.5 Å². The summed E-state index contributed by atoms with van der Waals surface area (Å²) in [5, 5.41) is 3.97. The van der Waals surface area contributed by atoms with Crippen molar-refractivity contribution in [2.75, 3.05) is 13.1 Å².